The molecule has 0 radical (unpaired) electrons. The number of rotatable bonds is 6. The van der Waals surface area contributed by atoms with Crippen molar-refractivity contribution in [2.24, 2.45) is 0 Å². The van der Waals surface area contributed by atoms with Crippen LogP contribution in [-0.2, 0) is 14.6 Å². The zero-order chi connectivity index (χ0) is 21.3. The minimum Gasteiger partial charge on any atom is -0.324 e. The van der Waals surface area contributed by atoms with Gasteiger partial charge in [-0.2, -0.15) is 0 Å². The SMILES string of the molecule is CS(=O)(=O)CC[C@H](C(=O)Nc1ccc(Cl)c(Cl)c1)N1C(=O)c2ccccc2C1=O. The minimum absolute atomic E-state index is 0.171. The van der Waals surface area contributed by atoms with Crippen molar-refractivity contribution in [2.75, 3.05) is 17.3 Å². The maximum Gasteiger partial charge on any atom is 0.262 e. The second-order valence-electron chi connectivity index (χ2n) is 6.58. The first-order chi connectivity index (χ1) is 13.6. The van der Waals surface area contributed by atoms with E-state index in [-0.39, 0.29) is 28.3 Å². The molecule has 2 aromatic carbocycles. The lowest BCUT2D eigenvalue weighted by molar-refractivity contribution is -0.120. The molecule has 0 bridgehead atoms. The number of imide groups is 1. The Kier molecular flexibility index (Phi) is 5.97. The Morgan fingerprint density at radius 2 is 1.62 bits per heavy atom. The van der Waals surface area contributed by atoms with Crippen LogP contribution in [0.15, 0.2) is 42.5 Å². The summed E-state index contributed by atoms with van der Waals surface area (Å²) in [4.78, 5) is 39.3. The maximum absolute atomic E-state index is 12.9. The van der Waals surface area contributed by atoms with E-state index in [1.54, 1.807) is 12.1 Å². The maximum atomic E-state index is 12.9. The molecule has 10 heteroatoms. The highest BCUT2D eigenvalue weighted by Gasteiger charge is 2.42. The zero-order valence-electron chi connectivity index (χ0n) is 15.2. The Balaban J connectivity index is 1.92. The molecule has 1 aliphatic rings. The van der Waals surface area contributed by atoms with Gasteiger partial charge < -0.3 is 5.32 Å². The van der Waals surface area contributed by atoms with Gasteiger partial charge in [-0.05, 0) is 36.8 Å². The van der Waals surface area contributed by atoms with Crippen molar-refractivity contribution in [3.05, 3.63) is 63.6 Å². The molecule has 0 aliphatic carbocycles. The number of anilines is 1. The fraction of sp³-hybridized carbons (Fsp3) is 0.211. The number of carbonyl (C=O) groups is 3. The summed E-state index contributed by atoms with van der Waals surface area (Å²) in [6, 6.07) is 9.27. The summed E-state index contributed by atoms with van der Waals surface area (Å²) in [7, 11) is -3.44. The van der Waals surface area contributed by atoms with E-state index in [2.05, 4.69) is 5.32 Å². The van der Waals surface area contributed by atoms with Crippen LogP contribution in [0.1, 0.15) is 27.1 Å². The van der Waals surface area contributed by atoms with Crippen molar-refractivity contribution in [3.8, 4) is 0 Å². The smallest absolute Gasteiger partial charge is 0.262 e. The van der Waals surface area contributed by atoms with Crippen molar-refractivity contribution >= 4 is 56.4 Å². The molecule has 0 saturated carbocycles. The fourth-order valence-electron chi connectivity index (χ4n) is 2.99. The molecule has 0 spiro atoms. The van der Waals surface area contributed by atoms with Crippen LogP contribution in [0.25, 0.3) is 0 Å². The molecule has 0 saturated heterocycles. The topological polar surface area (TPSA) is 101 Å². The predicted molar refractivity (Wildman–Crippen MR) is 110 cm³/mol. The molecule has 1 N–H and O–H groups in total. The van der Waals surface area contributed by atoms with Gasteiger partial charge in [0.25, 0.3) is 11.8 Å². The van der Waals surface area contributed by atoms with Gasteiger partial charge in [-0.15, -0.1) is 0 Å². The molecule has 1 aliphatic heterocycles. The van der Waals surface area contributed by atoms with E-state index in [4.69, 9.17) is 23.2 Å². The first-order valence-corrected chi connectivity index (χ1v) is 11.3. The first kappa shape index (κ1) is 21.3. The molecule has 29 heavy (non-hydrogen) atoms. The molecule has 0 fully saturated rings. The van der Waals surface area contributed by atoms with Gasteiger partial charge in [0, 0.05) is 11.9 Å². The van der Waals surface area contributed by atoms with Gasteiger partial charge in [0.05, 0.1) is 26.9 Å². The molecular weight excluding hydrogens is 439 g/mol. The number of amides is 3. The van der Waals surface area contributed by atoms with E-state index in [0.717, 1.165) is 11.2 Å². The second kappa shape index (κ2) is 8.14. The number of halogens is 2. The summed E-state index contributed by atoms with van der Waals surface area (Å²) in [6.45, 7) is 0. The van der Waals surface area contributed by atoms with Crippen LogP contribution in [0.2, 0.25) is 10.0 Å². The summed E-state index contributed by atoms with van der Waals surface area (Å²) < 4.78 is 23.3. The van der Waals surface area contributed by atoms with E-state index < -0.39 is 33.6 Å². The van der Waals surface area contributed by atoms with E-state index in [9.17, 15) is 22.8 Å². The standard InChI is InChI=1S/C19H16Cl2N2O5S/c1-29(27,28)9-8-16(17(24)22-11-6-7-14(20)15(21)10-11)23-18(25)12-4-2-3-5-13(12)19(23)26/h2-7,10,16H,8-9H2,1H3,(H,22,24)/t16-/m1/s1. The Morgan fingerprint density at radius 3 is 2.14 bits per heavy atom. The minimum atomic E-state index is -3.44. The van der Waals surface area contributed by atoms with Crippen LogP contribution in [0.3, 0.4) is 0 Å². The Labute approximate surface area is 177 Å². The summed E-state index contributed by atoms with van der Waals surface area (Å²) in [5.41, 5.74) is 0.638. The van der Waals surface area contributed by atoms with E-state index in [1.165, 1.54) is 30.3 Å². The average molecular weight is 455 g/mol. The number of nitrogens with one attached hydrogen (secondary N) is 1. The van der Waals surface area contributed by atoms with Gasteiger partial charge in [-0.1, -0.05) is 35.3 Å². The quantitative estimate of drug-likeness (QED) is 0.675. The number of sulfone groups is 1. The molecule has 3 amide bonds. The third-order valence-corrected chi connectivity index (χ3v) is 6.11. The molecule has 1 atom stereocenters. The van der Waals surface area contributed by atoms with Gasteiger partial charge in [-0.25, -0.2) is 8.42 Å². The molecule has 1 heterocycles. The summed E-state index contributed by atoms with van der Waals surface area (Å²) in [6.07, 6.45) is 0.779. The van der Waals surface area contributed by atoms with Crippen LogP contribution < -0.4 is 5.32 Å². The van der Waals surface area contributed by atoms with Crippen molar-refractivity contribution in [1.82, 2.24) is 4.90 Å². The Bertz CT molecular complexity index is 1080. The lowest BCUT2D eigenvalue weighted by Gasteiger charge is -2.25. The summed E-state index contributed by atoms with van der Waals surface area (Å²) in [5, 5.41) is 3.06. The number of carbonyl (C=O) groups excluding carboxylic acids is 3. The third kappa shape index (κ3) is 4.60. The lowest BCUT2D eigenvalue weighted by Crippen LogP contribution is -2.48. The number of hydrogen-bond donors (Lipinski definition) is 1. The van der Waals surface area contributed by atoms with Crippen molar-refractivity contribution in [2.45, 2.75) is 12.5 Å². The summed E-state index contributed by atoms with van der Waals surface area (Å²) >= 11 is 11.8. The number of benzene rings is 2. The number of fused-ring (bicyclic) bond motifs is 1. The zero-order valence-corrected chi connectivity index (χ0v) is 17.5. The van der Waals surface area contributed by atoms with Crippen LogP contribution in [0.5, 0.6) is 0 Å². The Hall–Kier alpha value is -2.42. The van der Waals surface area contributed by atoms with Crippen molar-refractivity contribution in [3.63, 3.8) is 0 Å². The molecule has 0 unspecified atom stereocenters. The second-order valence-corrected chi connectivity index (χ2v) is 9.65. The lowest BCUT2D eigenvalue weighted by atomic mass is 10.1. The third-order valence-electron chi connectivity index (χ3n) is 4.39. The van der Waals surface area contributed by atoms with Gasteiger partial charge in [0.15, 0.2) is 0 Å². The monoisotopic (exact) mass is 454 g/mol. The Morgan fingerprint density at radius 1 is 1.03 bits per heavy atom. The number of nitrogens with zero attached hydrogens (tertiary/aromatic N) is 1. The van der Waals surface area contributed by atoms with Crippen molar-refractivity contribution < 1.29 is 22.8 Å². The molecule has 7 nitrogen and oxygen atoms in total. The highest BCUT2D eigenvalue weighted by Crippen LogP contribution is 2.28. The van der Waals surface area contributed by atoms with Crippen molar-refractivity contribution in [1.29, 1.82) is 0 Å². The van der Waals surface area contributed by atoms with Crippen LogP contribution in [-0.4, -0.2) is 49.1 Å². The predicted octanol–water partition coefficient (Wildman–Crippen LogP) is 3.03. The van der Waals surface area contributed by atoms with Crippen LogP contribution in [0, 0.1) is 0 Å². The van der Waals surface area contributed by atoms with Gasteiger partial charge in [-0.3, -0.25) is 19.3 Å². The number of hydrogen-bond acceptors (Lipinski definition) is 5. The fourth-order valence-corrected chi connectivity index (χ4v) is 3.94. The molecule has 152 valence electrons. The van der Waals surface area contributed by atoms with Gasteiger partial charge in [0.1, 0.15) is 15.9 Å². The van der Waals surface area contributed by atoms with E-state index >= 15 is 0 Å². The normalized spacial score (nSPS) is 14.7. The highest BCUT2D eigenvalue weighted by molar-refractivity contribution is 7.90. The van der Waals surface area contributed by atoms with E-state index in [0.29, 0.717) is 10.7 Å². The van der Waals surface area contributed by atoms with Crippen LogP contribution in [0.4, 0.5) is 5.69 Å². The average Bonchev–Trinajstić information content (AvgIpc) is 2.90. The largest absolute Gasteiger partial charge is 0.324 e. The molecule has 3 rings (SSSR count). The highest BCUT2D eigenvalue weighted by atomic mass is 35.5. The van der Waals surface area contributed by atoms with Crippen LogP contribution >= 0.6 is 23.2 Å². The molecule has 0 aromatic heterocycles. The first-order valence-electron chi connectivity index (χ1n) is 8.49. The van der Waals surface area contributed by atoms with Gasteiger partial charge in [0.2, 0.25) is 5.91 Å². The molecule has 2 aromatic rings. The molecular formula is C19H16Cl2N2O5S. The van der Waals surface area contributed by atoms with E-state index in [1.807, 2.05) is 0 Å². The summed E-state index contributed by atoms with van der Waals surface area (Å²) in [5.74, 6) is -2.37. The van der Waals surface area contributed by atoms with Gasteiger partial charge >= 0.3 is 0 Å².